The van der Waals surface area contributed by atoms with E-state index >= 15 is 0 Å². The van der Waals surface area contributed by atoms with Crippen molar-refractivity contribution in [1.29, 1.82) is 0 Å². The van der Waals surface area contributed by atoms with Gasteiger partial charge < -0.3 is 35.2 Å². The van der Waals surface area contributed by atoms with Gasteiger partial charge in [-0.25, -0.2) is 13.1 Å². The van der Waals surface area contributed by atoms with Crippen LogP contribution in [0.15, 0.2) is 71.1 Å². The number of pyridine rings is 1. The monoisotopic (exact) mass is 846 g/mol. The Hall–Kier alpha value is -4.87. The van der Waals surface area contributed by atoms with E-state index in [-0.39, 0.29) is 48.7 Å². The Labute approximate surface area is 350 Å². The molecule has 59 heavy (non-hydrogen) atoms. The van der Waals surface area contributed by atoms with Gasteiger partial charge >= 0.3 is 0 Å². The summed E-state index contributed by atoms with van der Waals surface area (Å²) in [5.74, 6) is -0.278. The van der Waals surface area contributed by atoms with Crippen LogP contribution in [-0.2, 0) is 24.4 Å². The molecule has 5 atom stereocenters. The molecule has 4 aliphatic rings. The molecule has 1 saturated heterocycles. The summed E-state index contributed by atoms with van der Waals surface area (Å²) in [5, 5.41) is 11.1. The van der Waals surface area contributed by atoms with Crippen molar-refractivity contribution < 1.29 is 32.3 Å². The standard InChI is InChI=1S/C42H54N8O7S2/c1-6-27-23-42(27)40(53)48-59(54,55)37-13-8-7-12-31(37)43-17-9-10-18-49(4)19-11-14-38(51)50-24-29(21-35(50)39(52)47-42)57-36-22-33(34-25-58-41(46-34)44-26(2)3)45-32-20-28(56-5)15-16-30(32)36/h6-8,12-13,15-16,20,22,26-27,29,34-35,43H,1,9-11,14,17-19,21,23-25H2,2-5H3,(H,44,46)(H,47,52)(H,48,53)/t27-,29-,34?,35+,42-/m1/s1. The lowest BCUT2D eigenvalue weighted by molar-refractivity contribution is -0.139. The molecule has 1 aromatic heterocycles. The zero-order chi connectivity index (χ0) is 41.9. The second-order valence-electron chi connectivity index (χ2n) is 16.0. The second-order valence-corrected chi connectivity index (χ2v) is 18.7. The molecule has 7 rings (SSSR count). The van der Waals surface area contributed by atoms with Crippen molar-refractivity contribution in [3.05, 3.63) is 66.9 Å². The number of sulfonamides is 1. The maximum atomic E-state index is 14.4. The molecule has 17 heteroatoms. The van der Waals surface area contributed by atoms with E-state index in [0.29, 0.717) is 48.0 Å². The van der Waals surface area contributed by atoms with Gasteiger partial charge in [-0.05, 0) is 83.9 Å². The first-order valence-electron chi connectivity index (χ1n) is 20.3. The van der Waals surface area contributed by atoms with Gasteiger partial charge in [-0.1, -0.05) is 30.0 Å². The van der Waals surface area contributed by atoms with Gasteiger partial charge in [0.2, 0.25) is 11.8 Å². The van der Waals surface area contributed by atoms with E-state index in [1.165, 1.54) is 12.1 Å². The number of fused-ring (bicyclic) bond motifs is 3. The van der Waals surface area contributed by atoms with Crippen LogP contribution in [0.1, 0.15) is 64.1 Å². The number of nitrogens with one attached hydrogen (secondary N) is 4. The number of aromatic nitrogens is 1. The maximum absolute atomic E-state index is 14.4. The molecule has 2 aromatic carbocycles. The Morgan fingerprint density at radius 2 is 1.88 bits per heavy atom. The summed E-state index contributed by atoms with van der Waals surface area (Å²) in [7, 11) is -0.740. The summed E-state index contributed by atoms with van der Waals surface area (Å²) in [4.78, 5) is 55.9. The predicted octanol–water partition coefficient (Wildman–Crippen LogP) is 4.22. The molecular formula is C42H54N8O7S2. The van der Waals surface area contributed by atoms with Crippen molar-refractivity contribution in [2.75, 3.05) is 51.4 Å². The average Bonchev–Trinajstić information content (AvgIpc) is 3.47. The van der Waals surface area contributed by atoms with Crippen LogP contribution in [0.3, 0.4) is 0 Å². The van der Waals surface area contributed by atoms with Gasteiger partial charge in [-0.2, -0.15) is 0 Å². The van der Waals surface area contributed by atoms with Crippen LogP contribution in [0, 0.1) is 5.92 Å². The normalized spacial score (nSPS) is 26.9. The fourth-order valence-electron chi connectivity index (χ4n) is 7.97. The number of ether oxygens (including phenoxy) is 2. The van der Waals surface area contributed by atoms with E-state index in [0.717, 1.165) is 35.6 Å². The van der Waals surface area contributed by atoms with Crippen molar-refractivity contribution in [1.82, 2.24) is 30.1 Å². The highest BCUT2D eigenvalue weighted by Gasteiger charge is 2.61. The minimum Gasteiger partial charge on any atom is -0.497 e. The molecule has 1 aliphatic carbocycles. The van der Waals surface area contributed by atoms with Gasteiger partial charge in [0.1, 0.15) is 40.1 Å². The van der Waals surface area contributed by atoms with Crippen molar-refractivity contribution in [3.63, 3.8) is 0 Å². The van der Waals surface area contributed by atoms with Gasteiger partial charge in [0.15, 0.2) is 5.17 Å². The van der Waals surface area contributed by atoms with Crippen molar-refractivity contribution in [2.45, 2.75) is 87.0 Å². The van der Waals surface area contributed by atoms with Gasteiger partial charge in [0.05, 0.1) is 30.6 Å². The number of amidine groups is 1. The first kappa shape index (κ1) is 42.3. The summed E-state index contributed by atoms with van der Waals surface area (Å²) in [6.45, 7) is 10.1. The van der Waals surface area contributed by atoms with Crippen molar-refractivity contribution >= 4 is 61.3 Å². The number of thioether (sulfide) groups is 1. The Balaban J connectivity index is 1.18. The fraction of sp³-hybridized carbons (Fsp3) is 0.500. The molecule has 4 N–H and O–H groups in total. The van der Waals surface area contributed by atoms with Crippen LogP contribution >= 0.6 is 11.8 Å². The lowest BCUT2D eigenvalue weighted by atomic mass is 10.1. The number of carbonyl (C=O) groups is 3. The van der Waals surface area contributed by atoms with Crippen LogP contribution in [0.4, 0.5) is 5.69 Å². The van der Waals surface area contributed by atoms with Crippen LogP contribution in [0.2, 0.25) is 0 Å². The third kappa shape index (κ3) is 9.47. The number of aliphatic imine (C=N–C) groups is 1. The Bertz CT molecular complexity index is 2240. The van der Waals surface area contributed by atoms with E-state index in [2.05, 4.69) is 46.0 Å². The van der Waals surface area contributed by atoms with Crippen molar-refractivity contribution in [3.8, 4) is 11.5 Å². The Morgan fingerprint density at radius 1 is 1.08 bits per heavy atom. The van der Waals surface area contributed by atoms with E-state index < -0.39 is 45.4 Å². The predicted molar refractivity (Wildman–Crippen MR) is 229 cm³/mol. The molecule has 3 aromatic rings. The third-order valence-corrected chi connectivity index (χ3v) is 13.6. The maximum Gasteiger partial charge on any atom is 0.266 e. The number of methoxy groups -OCH3 is 1. The van der Waals surface area contributed by atoms with Crippen molar-refractivity contribution in [2.24, 2.45) is 10.9 Å². The number of hydrogen-bond donors (Lipinski definition) is 4. The van der Waals surface area contributed by atoms with E-state index in [4.69, 9.17) is 19.5 Å². The Morgan fingerprint density at radius 3 is 2.64 bits per heavy atom. The van der Waals surface area contributed by atoms with Crippen LogP contribution in [-0.4, -0.2) is 116 Å². The molecule has 4 heterocycles. The number of anilines is 1. The third-order valence-electron chi connectivity index (χ3n) is 11.2. The fourth-order valence-corrected chi connectivity index (χ4v) is 10.3. The number of rotatable bonds is 6. The number of benzene rings is 2. The van der Waals surface area contributed by atoms with Gasteiger partial charge in [0.25, 0.3) is 15.9 Å². The first-order valence-corrected chi connectivity index (χ1v) is 22.7. The number of para-hydroxylation sites is 1. The second kappa shape index (κ2) is 17.8. The summed E-state index contributed by atoms with van der Waals surface area (Å²) in [6, 6.07) is 12.9. The highest BCUT2D eigenvalue weighted by Crippen LogP contribution is 2.45. The largest absolute Gasteiger partial charge is 0.497 e. The minimum absolute atomic E-state index is 0.0684. The lowest BCUT2D eigenvalue weighted by Gasteiger charge is -2.27. The number of amides is 3. The summed E-state index contributed by atoms with van der Waals surface area (Å²) in [6.07, 6.45) is 3.67. The summed E-state index contributed by atoms with van der Waals surface area (Å²) >= 11 is 1.63. The summed E-state index contributed by atoms with van der Waals surface area (Å²) < 4.78 is 42.0. The molecule has 3 aliphatic heterocycles. The quantitative estimate of drug-likeness (QED) is 0.260. The van der Waals surface area contributed by atoms with E-state index in [1.807, 2.05) is 31.3 Å². The van der Waals surface area contributed by atoms with Crippen LogP contribution < -0.4 is 30.1 Å². The molecule has 1 spiro atoms. The molecule has 2 fully saturated rings. The van der Waals surface area contributed by atoms with Crippen LogP contribution in [0.5, 0.6) is 11.5 Å². The van der Waals surface area contributed by atoms with Gasteiger partial charge in [-0.15, -0.1) is 6.58 Å². The molecule has 1 saturated carbocycles. The molecule has 316 valence electrons. The molecule has 0 bridgehead atoms. The number of nitrogens with zero attached hydrogens (tertiary/aromatic N) is 4. The molecule has 3 amide bonds. The zero-order valence-corrected chi connectivity index (χ0v) is 35.7. The number of carbonyl (C=O) groups excluding carboxylic acids is 3. The zero-order valence-electron chi connectivity index (χ0n) is 34.0. The minimum atomic E-state index is -4.35. The molecular weight excluding hydrogens is 793 g/mol. The smallest absolute Gasteiger partial charge is 0.266 e. The molecule has 15 nitrogen and oxygen atoms in total. The van der Waals surface area contributed by atoms with Crippen LogP contribution in [0.25, 0.3) is 10.9 Å². The van der Waals surface area contributed by atoms with E-state index in [9.17, 15) is 22.8 Å². The average molecular weight is 847 g/mol. The lowest BCUT2D eigenvalue weighted by Crippen LogP contribution is -2.56. The number of hydrogen-bond acceptors (Lipinski definition) is 13. The topological polar surface area (TPSA) is 184 Å². The van der Waals surface area contributed by atoms with Gasteiger partial charge in [0, 0.05) is 54.6 Å². The van der Waals surface area contributed by atoms with Gasteiger partial charge in [-0.3, -0.25) is 24.4 Å². The highest BCUT2D eigenvalue weighted by molar-refractivity contribution is 8.14. The summed E-state index contributed by atoms with van der Waals surface area (Å²) in [5.41, 5.74) is 0.197. The molecule has 1 unspecified atom stereocenters. The SMILES string of the molecule is C=C[C@@H]1C[C@@]12NC(=O)[C@@H]1C[C@@H](Oc3cc(C4CSC(NC(C)C)=N4)nc4cc(OC)ccc34)CN1C(=O)CCCN(C)CCCCNc1ccccc1S(=O)(=O)NC2=O. The Kier molecular flexibility index (Phi) is 12.7. The van der Waals surface area contributed by atoms with E-state index in [1.54, 1.807) is 42.0 Å². The highest BCUT2D eigenvalue weighted by atomic mass is 32.2. The molecule has 0 radical (unpaired) electrons. The first-order chi connectivity index (χ1) is 28.3.